The average Bonchev–Trinajstić information content (AvgIpc) is 3.22. The fraction of sp³-hybridized carbons (Fsp3) is 1.00. The molecule has 2 aliphatic carbocycles. The van der Waals surface area contributed by atoms with E-state index in [1.165, 1.54) is 71.0 Å². The number of fused-ring (bicyclic) bond motifs is 1. The van der Waals surface area contributed by atoms with Gasteiger partial charge in [-0.05, 0) is 76.7 Å². The van der Waals surface area contributed by atoms with Crippen LogP contribution in [-0.2, 0) is 9.84 Å². The molecule has 0 aromatic heterocycles. The summed E-state index contributed by atoms with van der Waals surface area (Å²) in [6, 6.07) is 1.30. The SMILES string of the molecule is CN1CCN(C2CCCC(NC3NC4C(C5CCC(S(C)(=O)=O)CC5)CCCN4N3)C2)CC1. The van der Waals surface area contributed by atoms with Crippen molar-refractivity contribution in [1.82, 2.24) is 30.9 Å². The van der Waals surface area contributed by atoms with Crippen molar-refractivity contribution in [3.05, 3.63) is 0 Å². The van der Waals surface area contributed by atoms with Gasteiger partial charge in [0.05, 0.1) is 11.4 Å². The Balaban J connectivity index is 1.13. The second-order valence-corrected chi connectivity index (χ2v) is 13.9. The average molecular weight is 483 g/mol. The van der Waals surface area contributed by atoms with Crippen LogP contribution in [-0.4, -0.2) is 99.0 Å². The Bertz CT molecular complexity index is 750. The largest absolute Gasteiger partial charge is 0.304 e. The van der Waals surface area contributed by atoms with Crippen molar-refractivity contribution in [2.75, 3.05) is 46.0 Å². The molecular weight excluding hydrogens is 436 g/mol. The number of hydrazine groups is 1. The lowest BCUT2D eigenvalue weighted by molar-refractivity contribution is 0.0401. The molecule has 0 amide bonds. The Kier molecular flexibility index (Phi) is 7.67. The molecule has 3 heterocycles. The van der Waals surface area contributed by atoms with E-state index in [1.807, 2.05) is 0 Å². The summed E-state index contributed by atoms with van der Waals surface area (Å²) in [4.78, 5) is 5.18. The van der Waals surface area contributed by atoms with Gasteiger partial charge in [0.1, 0.15) is 16.1 Å². The monoisotopic (exact) mass is 482 g/mol. The van der Waals surface area contributed by atoms with Crippen molar-refractivity contribution in [2.24, 2.45) is 11.8 Å². The molecule has 0 bridgehead atoms. The molecule has 8 nitrogen and oxygen atoms in total. The van der Waals surface area contributed by atoms with Gasteiger partial charge in [0.25, 0.3) is 0 Å². The van der Waals surface area contributed by atoms with E-state index in [1.54, 1.807) is 0 Å². The van der Waals surface area contributed by atoms with E-state index < -0.39 is 9.84 Å². The highest BCUT2D eigenvalue weighted by Crippen LogP contribution is 2.39. The standard InChI is InChI=1S/C24H46N6O2S/c1-28-13-15-29(16-14-28)20-6-3-5-19(17-20)25-24-26-23-22(7-4-12-30(23)27-24)18-8-10-21(11-9-18)33(2,31)32/h18-27H,3-17H2,1-2H3. The minimum absolute atomic E-state index is 0.114. The van der Waals surface area contributed by atoms with Crippen LogP contribution in [0.2, 0.25) is 0 Å². The first-order valence-corrected chi connectivity index (χ1v) is 15.5. The van der Waals surface area contributed by atoms with Crippen molar-refractivity contribution in [1.29, 1.82) is 0 Å². The lowest BCUT2D eigenvalue weighted by Crippen LogP contribution is -2.56. The number of hydrogen-bond acceptors (Lipinski definition) is 8. The summed E-state index contributed by atoms with van der Waals surface area (Å²) < 4.78 is 24.0. The van der Waals surface area contributed by atoms with Crippen LogP contribution in [0.25, 0.3) is 0 Å². The molecule has 5 aliphatic rings. The minimum Gasteiger partial charge on any atom is -0.304 e. The van der Waals surface area contributed by atoms with Gasteiger partial charge >= 0.3 is 0 Å². The van der Waals surface area contributed by atoms with Crippen LogP contribution in [0, 0.1) is 11.8 Å². The molecule has 5 fully saturated rings. The topological polar surface area (TPSA) is 80.0 Å². The summed E-state index contributed by atoms with van der Waals surface area (Å²) in [5.74, 6) is 1.25. The third kappa shape index (κ3) is 5.76. The second-order valence-electron chi connectivity index (χ2n) is 11.6. The first kappa shape index (κ1) is 24.4. The summed E-state index contributed by atoms with van der Waals surface area (Å²) in [5, 5.41) is 10.1. The molecular formula is C24H46N6O2S. The van der Waals surface area contributed by atoms with Gasteiger partial charge in [-0.1, -0.05) is 6.42 Å². The summed E-state index contributed by atoms with van der Waals surface area (Å²) in [5.41, 5.74) is 3.74. The van der Waals surface area contributed by atoms with Crippen LogP contribution in [0.15, 0.2) is 0 Å². The molecule has 0 aromatic rings. The number of likely N-dealkylation sites (N-methyl/N-ethyl adjacent to an activating group) is 1. The Morgan fingerprint density at radius 3 is 2.36 bits per heavy atom. The van der Waals surface area contributed by atoms with Crippen LogP contribution >= 0.6 is 0 Å². The number of nitrogens with one attached hydrogen (secondary N) is 3. The number of rotatable bonds is 5. The molecule has 2 saturated carbocycles. The number of piperidine rings is 1. The molecule has 3 N–H and O–H groups in total. The highest BCUT2D eigenvalue weighted by Gasteiger charge is 2.44. The normalized spacial score (nSPS) is 42.3. The fourth-order valence-corrected chi connectivity index (χ4v) is 8.48. The maximum atomic E-state index is 12.0. The fourth-order valence-electron chi connectivity index (χ4n) is 7.35. The van der Waals surface area contributed by atoms with Crippen LogP contribution in [0.4, 0.5) is 0 Å². The van der Waals surface area contributed by atoms with Crippen LogP contribution in [0.5, 0.6) is 0 Å². The van der Waals surface area contributed by atoms with E-state index >= 15 is 0 Å². The van der Waals surface area contributed by atoms with E-state index in [0.717, 1.165) is 38.3 Å². The van der Waals surface area contributed by atoms with E-state index in [2.05, 4.69) is 37.9 Å². The highest BCUT2D eigenvalue weighted by molar-refractivity contribution is 7.91. The van der Waals surface area contributed by atoms with Crippen LogP contribution in [0.1, 0.15) is 64.2 Å². The molecule has 9 heteroatoms. The first-order chi connectivity index (χ1) is 15.9. The molecule has 0 radical (unpaired) electrons. The zero-order valence-electron chi connectivity index (χ0n) is 20.7. The number of nitrogens with zero attached hydrogens (tertiary/aromatic N) is 3. The van der Waals surface area contributed by atoms with Crippen molar-refractivity contribution in [3.8, 4) is 0 Å². The molecule has 33 heavy (non-hydrogen) atoms. The Morgan fingerprint density at radius 2 is 1.64 bits per heavy atom. The molecule has 3 aliphatic heterocycles. The predicted molar refractivity (Wildman–Crippen MR) is 132 cm³/mol. The van der Waals surface area contributed by atoms with Crippen molar-refractivity contribution in [2.45, 2.75) is 94.0 Å². The predicted octanol–water partition coefficient (Wildman–Crippen LogP) is 1.17. The van der Waals surface area contributed by atoms with Gasteiger partial charge < -0.3 is 4.90 Å². The summed E-state index contributed by atoms with van der Waals surface area (Å²) in [7, 11) is -0.657. The molecule has 190 valence electrons. The van der Waals surface area contributed by atoms with E-state index in [4.69, 9.17) is 0 Å². The number of sulfone groups is 1. The zero-order chi connectivity index (χ0) is 23.0. The van der Waals surface area contributed by atoms with Crippen molar-refractivity contribution in [3.63, 3.8) is 0 Å². The Morgan fingerprint density at radius 1 is 0.879 bits per heavy atom. The first-order valence-electron chi connectivity index (χ1n) is 13.5. The third-order valence-electron chi connectivity index (χ3n) is 9.34. The van der Waals surface area contributed by atoms with Gasteiger partial charge in [-0.25, -0.2) is 18.9 Å². The van der Waals surface area contributed by atoms with Crippen LogP contribution in [0.3, 0.4) is 0 Å². The highest BCUT2D eigenvalue weighted by atomic mass is 32.2. The van der Waals surface area contributed by atoms with Gasteiger partial charge in [0.15, 0.2) is 0 Å². The minimum atomic E-state index is -2.89. The van der Waals surface area contributed by atoms with Crippen molar-refractivity contribution >= 4 is 9.84 Å². The summed E-state index contributed by atoms with van der Waals surface area (Å²) >= 11 is 0. The van der Waals surface area contributed by atoms with Gasteiger partial charge in [-0.15, -0.1) is 0 Å². The quantitative estimate of drug-likeness (QED) is 0.539. The molecule has 5 rings (SSSR count). The molecule has 3 saturated heterocycles. The smallest absolute Gasteiger partial charge is 0.150 e. The second kappa shape index (κ2) is 10.4. The maximum Gasteiger partial charge on any atom is 0.150 e. The molecule has 5 atom stereocenters. The molecule has 0 aromatic carbocycles. The van der Waals surface area contributed by atoms with E-state index in [0.29, 0.717) is 24.0 Å². The number of piperazine rings is 1. The summed E-state index contributed by atoms with van der Waals surface area (Å²) in [6.45, 7) is 5.92. The lowest BCUT2D eigenvalue weighted by atomic mass is 9.75. The third-order valence-corrected chi connectivity index (χ3v) is 11.0. The zero-order valence-corrected chi connectivity index (χ0v) is 21.5. The van der Waals surface area contributed by atoms with E-state index in [9.17, 15) is 8.42 Å². The molecule has 0 spiro atoms. The van der Waals surface area contributed by atoms with Crippen LogP contribution < -0.4 is 16.1 Å². The van der Waals surface area contributed by atoms with E-state index in [-0.39, 0.29) is 11.5 Å². The van der Waals surface area contributed by atoms with Gasteiger partial charge in [0, 0.05) is 51.1 Å². The lowest BCUT2D eigenvalue weighted by Gasteiger charge is -2.42. The number of hydrogen-bond donors (Lipinski definition) is 3. The van der Waals surface area contributed by atoms with Gasteiger partial charge in [-0.3, -0.25) is 15.5 Å². The van der Waals surface area contributed by atoms with Gasteiger partial charge in [-0.2, -0.15) is 0 Å². The maximum absolute atomic E-state index is 12.0. The Hall–Kier alpha value is -0.290. The molecule has 5 unspecified atom stereocenters. The van der Waals surface area contributed by atoms with Crippen molar-refractivity contribution < 1.29 is 8.42 Å². The van der Waals surface area contributed by atoms with Gasteiger partial charge in [0.2, 0.25) is 0 Å². The Labute approximate surface area is 201 Å². The summed E-state index contributed by atoms with van der Waals surface area (Å²) in [6.07, 6.45) is 13.4.